The van der Waals surface area contributed by atoms with Crippen molar-refractivity contribution in [2.24, 2.45) is 12.5 Å². The van der Waals surface area contributed by atoms with Gasteiger partial charge in [0.15, 0.2) is 5.69 Å². The lowest BCUT2D eigenvalue weighted by Gasteiger charge is -2.22. The number of aryl methyl sites for hydroxylation is 1. The number of aliphatic hydroxyl groups excluding tert-OH is 1. The molecule has 1 aromatic heterocycles. The van der Waals surface area contributed by atoms with Crippen LogP contribution in [0.2, 0.25) is 0 Å². The van der Waals surface area contributed by atoms with Crippen molar-refractivity contribution in [3.63, 3.8) is 0 Å². The van der Waals surface area contributed by atoms with Crippen LogP contribution in [0.3, 0.4) is 0 Å². The van der Waals surface area contributed by atoms with E-state index in [1.165, 1.54) is 4.68 Å². The second-order valence-corrected chi connectivity index (χ2v) is 5.74. The molecular weight excluding hydrogens is 232 g/mol. The van der Waals surface area contributed by atoms with Crippen LogP contribution in [0, 0.1) is 5.41 Å². The average Bonchev–Trinajstić information content (AvgIpc) is 2.52. The molecule has 0 aliphatic heterocycles. The quantitative estimate of drug-likeness (QED) is 0.730. The number of aliphatic hydroxyl groups is 1. The van der Waals surface area contributed by atoms with Crippen molar-refractivity contribution in [1.29, 1.82) is 0 Å². The average molecular weight is 254 g/mol. The second-order valence-electron chi connectivity index (χ2n) is 5.74. The first-order valence-corrected chi connectivity index (χ1v) is 5.94. The summed E-state index contributed by atoms with van der Waals surface area (Å²) in [7, 11) is 1.70. The van der Waals surface area contributed by atoms with Gasteiger partial charge in [-0.15, -0.1) is 0 Å². The molecule has 1 heterocycles. The third kappa shape index (κ3) is 4.37. The molecule has 0 saturated heterocycles. The van der Waals surface area contributed by atoms with E-state index >= 15 is 0 Å². The Balaban J connectivity index is 2.49. The molecule has 1 atom stereocenters. The lowest BCUT2D eigenvalue weighted by Crippen LogP contribution is -2.34. The summed E-state index contributed by atoms with van der Waals surface area (Å²) in [5.74, 6) is -0.360. The number of hydrogen-bond donors (Lipinski definition) is 3. The molecule has 1 amide bonds. The zero-order valence-corrected chi connectivity index (χ0v) is 11.4. The molecule has 0 fully saturated rings. The van der Waals surface area contributed by atoms with Gasteiger partial charge in [-0.25, -0.2) is 0 Å². The maximum atomic E-state index is 11.8. The Bertz CT molecular complexity index is 420. The van der Waals surface area contributed by atoms with Gasteiger partial charge in [0.2, 0.25) is 0 Å². The summed E-state index contributed by atoms with van der Waals surface area (Å²) < 4.78 is 1.48. The van der Waals surface area contributed by atoms with Crippen molar-refractivity contribution in [3.8, 4) is 0 Å². The Morgan fingerprint density at radius 1 is 1.61 bits per heavy atom. The molecule has 1 rings (SSSR count). The molecule has 0 bridgehead atoms. The fraction of sp³-hybridized carbons (Fsp3) is 0.667. The Hall–Kier alpha value is -1.56. The molecule has 0 aliphatic carbocycles. The minimum absolute atomic E-state index is 0.0220. The highest BCUT2D eigenvalue weighted by Gasteiger charge is 2.19. The predicted octanol–water partition coefficient (Wildman–Crippen LogP) is 0.529. The highest BCUT2D eigenvalue weighted by atomic mass is 16.3. The Labute approximate surface area is 107 Å². The highest BCUT2D eigenvalue weighted by molar-refractivity contribution is 5.96. The van der Waals surface area contributed by atoms with Crippen LogP contribution in [0.15, 0.2) is 6.20 Å². The summed E-state index contributed by atoms with van der Waals surface area (Å²) in [5, 5.41) is 16.4. The zero-order valence-electron chi connectivity index (χ0n) is 11.4. The van der Waals surface area contributed by atoms with Gasteiger partial charge in [-0.1, -0.05) is 20.8 Å². The Morgan fingerprint density at radius 2 is 2.22 bits per heavy atom. The zero-order chi connectivity index (χ0) is 13.9. The van der Waals surface area contributed by atoms with Crippen LogP contribution in [0.4, 0.5) is 5.69 Å². The van der Waals surface area contributed by atoms with Gasteiger partial charge >= 0.3 is 0 Å². The molecule has 0 spiro atoms. The SMILES string of the molecule is Cn1cc(N)c(C(=O)NCC(O)CC(C)(C)C)n1. The molecule has 18 heavy (non-hydrogen) atoms. The number of rotatable bonds is 4. The monoisotopic (exact) mass is 254 g/mol. The predicted molar refractivity (Wildman–Crippen MR) is 70.0 cm³/mol. The van der Waals surface area contributed by atoms with Crippen molar-refractivity contribution in [1.82, 2.24) is 15.1 Å². The summed E-state index contributed by atoms with van der Waals surface area (Å²) in [6.45, 7) is 6.31. The van der Waals surface area contributed by atoms with Crippen molar-refractivity contribution in [3.05, 3.63) is 11.9 Å². The van der Waals surface area contributed by atoms with Crippen molar-refractivity contribution in [2.45, 2.75) is 33.3 Å². The molecule has 0 aliphatic rings. The second kappa shape index (κ2) is 5.39. The molecule has 6 heteroatoms. The maximum absolute atomic E-state index is 11.8. The lowest BCUT2D eigenvalue weighted by atomic mass is 9.89. The third-order valence-electron chi connectivity index (χ3n) is 2.42. The van der Waals surface area contributed by atoms with Crippen LogP contribution in [0.25, 0.3) is 0 Å². The number of anilines is 1. The lowest BCUT2D eigenvalue weighted by molar-refractivity contribution is 0.0864. The normalized spacial score (nSPS) is 13.4. The number of nitrogen functional groups attached to an aromatic ring is 1. The van der Waals surface area contributed by atoms with Gasteiger partial charge in [0.05, 0.1) is 11.8 Å². The smallest absolute Gasteiger partial charge is 0.274 e. The fourth-order valence-corrected chi connectivity index (χ4v) is 1.76. The molecule has 6 nitrogen and oxygen atoms in total. The van der Waals surface area contributed by atoms with Crippen LogP contribution >= 0.6 is 0 Å². The molecule has 0 aromatic carbocycles. The number of carbonyl (C=O) groups excluding carboxylic acids is 1. The number of amides is 1. The summed E-state index contributed by atoms with van der Waals surface area (Å²) in [5.41, 5.74) is 6.19. The van der Waals surface area contributed by atoms with Crippen molar-refractivity contribution < 1.29 is 9.90 Å². The van der Waals surface area contributed by atoms with E-state index in [4.69, 9.17) is 5.73 Å². The van der Waals surface area contributed by atoms with Crippen LogP contribution in [-0.4, -0.2) is 33.4 Å². The van der Waals surface area contributed by atoms with Crippen LogP contribution in [0.5, 0.6) is 0 Å². The molecule has 4 N–H and O–H groups in total. The van der Waals surface area contributed by atoms with E-state index in [0.717, 1.165) is 0 Å². The molecule has 1 unspecified atom stereocenters. The summed E-state index contributed by atoms with van der Waals surface area (Å²) in [6, 6.07) is 0. The molecule has 0 radical (unpaired) electrons. The standard InChI is InChI=1S/C12H22N4O2/c1-12(2,3)5-8(17)6-14-11(18)10-9(13)7-16(4)15-10/h7-8,17H,5-6,13H2,1-4H3,(H,14,18). The Kier molecular flexibility index (Phi) is 4.34. The van der Waals surface area contributed by atoms with E-state index in [1.54, 1.807) is 13.2 Å². The van der Waals surface area contributed by atoms with Gasteiger partial charge in [0, 0.05) is 19.8 Å². The van der Waals surface area contributed by atoms with Crippen LogP contribution in [-0.2, 0) is 7.05 Å². The van der Waals surface area contributed by atoms with Crippen LogP contribution in [0.1, 0.15) is 37.7 Å². The molecular formula is C12H22N4O2. The number of nitrogens with one attached hydrogen (secondary N) is 1. The maximum Gasteiger partial charge on any atom is 0.274 e. The fourth-order valence-electron chi connectivity index (χ4n) is 1.76. The van der Waals surface area contributed by atoms with E-state index in [2.05, 4.69) is 10.4 Å². The first-order valence-electron chi connectivity index (χ1n) is 5.94. The highest BCUT2D eigenvalue weighted by Crippen LogP contribution is 2.20. The number of carbonyl (C=O) groups is 1. The van der Waals surface area contributed by atoms with Crippen molar-refractivity contribution >= 4 is 11.6 Å². The summed E-state index contributed by atoms with van der Waals surface area (Å²) >= 11 is 0. The van der Waals surface area contributed by atoms with Gasteiger partial charge in [0.25, 0.3) is 5.91 Å². The summed E-state index contributed by atoms with van der Waals surface area (Å²) in [6.07, 6.45) is 1.62. The van der Waals surface area contributed by atoms with Crippen LogP contribution < -0.4 is 11.1 Å². The minimum Gasteiger partial charge on any atom is -0.396 e. The minimum atomic E-state index is -0.570. The number of hydrogen-bond acceptors (Lipinski definition) is 4. The van der Waals surface area contributed by atoms with Gasteiger partial charge in [-0.3, -0.25) is 9.48 Å². The van der Waals surface area contributed by atoms with Gasteiger partial charge in [0.1, 0.15) is 0 Å². The van der Waals surface area contributed by atoms with Gasteiger partial charge in [-0.2, -0.15) is 5.10 Å². The number of nitrogens with two attached hydrogens (primary N) is 1. The van der Waals surface area contributed by atoms with E-state index < -0.39 is 6.10 Å². The first kappa shape index (κ1) is 14.5. The van der Waals surface area contributed by atoms with E-state index in [9.17, 15) is 9.90 Å². The largest absolute Gasteiger partial charge is 0.396 e. The van der Waals surface area contributed by atoms with Gasteiger partial charge < -0.3 is 16.2 Å². The van der Waals surface area contributed by atoms with E-state index in [0.29, 0.717) is 12.1 Å². The topological polar surface area (TPSA) is 93.2 Å². The van der Waals surface area contributed by atoms with Crippen molar-refractivity contribution in [2.75, 3.05) is 12.3 Å². The number of nitrogens with zero attached hydrogens (tertiary/aromatic N) is 2. The van der Waals surface area contributed by atoms with E-state index in [1.807, 2.05) is 20.8 Å². The summed E-state index contributed by atoms with van der Waals surface area (Å²) in [4.78, 5) is 11.8. The number of aromatic nitrogens is 2. The molecule has 1 aromatic rings. The first-order chi connectivity index (χ1) is 8.19. The molecule has 0 saturated carbocycles. The van der Waals surface area contributed by atoms with E-state index in [-0.39, 0.29) is 23.6 Å². The molecule has 102 valence electrons. The third-order valence-corrected chi connectivity index (χ3v) is 2.42. The Morgan fingerprint density at radius 3 is 2.67 bits per heavy atom. The van der Waals surface area contributed by atoms with Gasteiger partial charge in [-0.05, 0) is 11.8 Å².